The molecule has 3 rings (SSSR count). The zero-order valence-electron chi connectivity index (χ0n) is 14.7. The molecule has 140 valence electrons. The van der Waals surface area contributed by atoms with Crippen molar-refractivity contribution in [1.82, 2.24) is 15.1 Å². The number of halogens is 1. The highest BCUT2D eigenvalue weighted by Gasteiger charge is 2.24. The van der Waals surface area contributed by atoms with E-state index in [2.05, 4.69) is 15.1 Å². The van der Waals surface area contributed by atoms with Crippen molar-refractivity contribution in [2.75, 3.05) is 0 Å². The van der Waals surface area contributed by atoms with Crippen LogP contribution in [0, 0.1) is 5.92 Å². The van der Waals surface area contributed by atoms with E-state index in [-0.39, 0.29) is 12.3 Å². The normalized spacial score (nSPS) is 16.5. The predicted molar refractivity (Wildman–Crippen MR) is 98.0 cm³/mol. The average Bonchev–Trinajstić information content (AvgIpc) is 3.12. The van der Waals surface area contributed by atoms with Crippen LogP contribution in [0.25, 0.3) is 11.4 Å². The van der Waals surface area contributed by atoms with E-state index in [0.717, 1.165) is 25.2 Å². The summed E-state index contributed by atoms with van der Waals surface area (Å²) in [7, 11) is 0. The molecule has 1 atom stereocenters. The van der Waals surface area contributed by atoms with Gasteiger partial charge in [0.15, 0.2) is 0 Å². The Balaban J connectivity index is 1.65. The zero-order valence-corrected chi connectivity index (χ0v) is 15.5. The van der Waals surface area contributed by atoms with Crippen LogP contribution < -0.4 is 0 Å². The fourth-order valence-corrected chi connectivity index (χ4v) is 3.92. The maximum atomic E-state index is 11.3. The van der Waals surface area contributed by atoms with Gasteiger partial charge >= 0.3 is 5.97 Å². The van der Waals surface area contributed by atoms with Crippen LogP contribution in [0.15, 0.2) is 22.9 Å². The summed E-state index contributed by atoms with van der Waals surface area (Å²) < 4.78 is 5.37. The molecule has 1 N–H and O–H groups in total. The van der Waals surface area contributed by atoms with Gasteiger partial charge in [-0.15, -0.1) is 0 Å². The number of pyridine rings is 1. The fourth-order valence-electron chi connectivity index (χ4n) is 3.72. The molecule has 26 heavy (non-hydrogen) atoms. The first-order valence-electron chi connectivity index (χ1n) is 9.29. The SMILES string of the molecule is O=C(O)CC(CCCC1CCCCC1)c1nc(-c2cccnc2Cl)no1. The topological polar surface area (TPSA) is 89.1 Å². The van der Waals surface area contributed by atoms with E-state index in [1.165, 1.54) is 32.1 Å². The number of hydrogen-bond acceptors (Lipinski definition) is 5. The highest BCUT2D eigenvalue weighted by molar-refractivity contribution is 6.31. The molecule has 1 unspecified atom stereocenters. The summed E-state index contributed by atoms with van der Waals surface area (Å²) in [5.74, 6) is 0.369. The second-order valence-electron chi connectivity index (χ2n) is 7.03. The Hall–Kier alpha value is -1.95. The predicted octanol–water partition coefficient (Wildman–Crippen LogP) is 5.09. The van der Waals surface area contributed by atoms with Gasteiger partial charge in [-0.1, -0.05) is 61.7 Å². The van der Waals surface area contributed by atoms with Gasteiger partial charge in [0.2, 0.25) is 11.7 Å². The quantitative estimate of drug-likeness (QED) is 0.644. The summed E-state index contributed by atoms with van der Waals surface area (Å²) in [4.78, 5) is 19.7. The number of carbonyl (C=O) groups is 1. The van der Waals surface area contributed by atoms with Gasteiger partial charge < -0.3 is 9.63 Å². The summed E-state index contributed by atoms with van der Waals surface area (Å²) >= 11 is 6.07. The van der Waals surface area contributed by atoms with Gasteiger partial charge in [0.05, 0.1) is 12.0 Å². The molecular formula is C19H24ClN3O3. The monoisotopic (exact) mass is 377 g/mol. The maximum Gasteiger partial charge on any atom is 0.304 e. The molecule has 0 bridgehead atoms. The first-order valence-corrected chi connectivity index (χ1v) is 9.67. The lowest BCUT2D eigenvalue weighted by Gasteiger charge is -2.21. The summed E-state index contributed by atoms with van der Waals surface area (Å²) in [5, 5.41) is 13.5. The lowest BCUT2D eigenvalue weighted by Crippen LogP contribution is -2.10. The Morgan fingerprint density at radius 2 is 2.15 bits per heavy atom. The van der Waals surface area contributed by atoms with Crippen LogP contribution >= 0.6 is 11.6 Å². The number of nitrogens with zero attached hydrogens (tertiary/aromatic N) is 3. The van der Waals surface area contributed by atoms with Crippen molar-refractivity contribution in [3.8, 4) is 11.4 Å². The van der Waals surface area contributed by atoms with Crippen molar-refractivity contribution >= 4 is 17.6 Å². The third-order valence-electron chi connectivity index (χ3n) is 5.10. The minimum atomic E-state index is -0.855. The number of aliphatic carboxylic acids is 1. The van der Waals surface area contributed by atoms with Gasteiger partial charge in [0.1, 0.15) is 5.15 Å². The molecule has 0 aromatic carbocycles. The average molecular weight is 378 g/mol. The third-order valence-corrected chi connectivity index (χ3v) is 5.40. The number of rotatable bonds is 8. The second kappa shape index (κ2) is 9.12. The van der Waals surface area contributed by atoms with Crippen molar-refractivity contribution in [3.05, 3.63) is 29.4 Å². The molecule has 0 spiro atoms. The molecule has 1 aliphatic rings. The van der Waals surface area contributed by atoms with Gasteiger partial charge in [-0.3, -0.25) is 4.79 Å². The molecule has 1 aliphatic carbocycles. The second-order valence-corrected chi connectivity index (χ2v) is 7.39. The molecule has 1 saturated carbocycles. The standard InChI is InChI=1S/C19H24ClN3O3/c20-17-15(10-5-11-21-17)18-22-19(26-23-18)14(12-16(24)25)9-4-8-13-6-2-1-3-7-13/h5,10-11,13-14H,1-4,6-9,12H2,(H,24,25). The highest BCUT2D eigenvalue weighted by atomic mass is 35.5. The van der Waals surface area contributed by atoms with Crippen LogP contribution in [0.5, 0.6) is 0 Å². The molecule has 2 aromatic rings. The molecule has 0 saturated heterocycles. The van der Waals surface area contributed by atoms with E-state index >= 15 is 0 Å². The lowest BCUT2D eigenvalue weighted by atomic mass is 9.84. The van der Waals surface area contributed by atoms with E-state index in [1.54, 1.807) is 18.3 Å². The Bertz CT molecular complexity index is 728. The van der Waals surface area contributed by atoms with Crippen LogP contribution in [0.4, 0.5) is 0 Å². The smallest absolute Gasteiger partial charge is 0.304 e. The zero-order chi connectivity index (χ0) is 18.4. The molecule has 6 nitrogen and oxygen atoms in total. The van der Waals surface area contributed by atoms with Crippen molar-refractivity contribution in [2.24, 2.45) is 5.92 Å². The fraction of sp³-hybridized carbons (Fsp3) is 0.579. The Morgan fingerprint density at radius 1 is 1.35 bits per heavy atom. The van der Waals surface area contributed by atoms with Crippen molar-refractivity contribution in [2.45, 2.75) is 63.7 Å². The lowest BCUT2D eigenvalue weighted by molar-refractivity contribution is -0.137. The molecule has 1 fully saturated rings. The molecule has 0 amide bonds. The number of aromatic nitrogens is 3. The summed E-state index contributed by atoms with van der Waals surface area (Å²) in [6, 6.07) is 3.51. The minimum Gasteiger partial charge on any atom is -0.481 e. The van der Waals surface area contributed by atoms with E-state index in [0.29, 0.717) is 22.4 Å². The third kappa shape index (κ3) is 5.04. The molecule has 7 heteroatoms. The van der Waals surface area contributed by atoms with Gasteiger partial charge in [0.25, 0.3) is 0 Å². The van der Waals surface area contributed by atoms with Crippen molar-refractivity contribution in [3.63, 3.8) is 0 Å². The van der Waals surface area contributed by atoms with Crippen LogP contribution in [-0.2, 0) is 4.79 Å². The molecule has 0 radical (unpaired) electrons. The van der Waals surface area contributed by atoms with Gasteiger partial charge in [0, 0.05) is 12.1 Å². The van der Waals surface area contributed by atoms with Gasteiger partial charge in [-0.2, -0.15) is 4.98 Å². The minimum absolute atomic E-state index is 0.00687. The molecule has 2 heterocycles. The Kier molecular flexibility index (Phi) is 6.61. The first kappa shape index (κ1) is 18.8. The van der Waals surface area contributed by atoms with E-state index in [9.17, 15) is 9.90 Å². The Labute approximate surface area is 158 Å². The summed E-state index contributed by atoms with van der Waals surface area (Å²) in [5.41, 5.74) is 0.584. The highest BCUT2D eigenvalue weighted by Crippen LogP contribution is 2.32. The van der Waals surface area contributed by atoms with Gasteiger partial charge in [-0.25, -0.2) is 4.98 Å². The molecule has 0 aliphatic heterocycles. The van der Waals surface area contributed by atoms with Crippen LogP contribution in [-0.4, -0.2) is 26.2 Å². The largest absolute Gasteiger partial charge is 0.481 e. The van der Waals surface area contributed by atoms with E-state index in [1.807, 2.05) is 0 Å². The first-order chi connectivity index (χ1) is 12.6. The Morgan fingerprint density at radius 3 is 2.88 bits per heavy atom. The maximum absolute atomic E-state index is 11.3. The van der Waals surface area contributed by atoms with Crippen LogP contribution in [0.1, 0.15) is 69.6 Å². The van der Waals surface area contributed by atoms with Crippen molar-refractivity contribution in [1.29, 1.82) is 0 Å². The summed E-state index contributed by atoms with van der Waals surface area (Å²) in [6.07, 6.45) is 11.0. The van der Waals surface area contributed by atoms with E-state index < -0.39 is 5.97 Å². The molecular weight excluding hydrogens is 354 g/mol. The number of carboxylic acids is 1. The van der Waals surface area contributed by atoms with Gasteiger partial charge in [-0.05, 0) is 24.5 Å². The van der Waals surface area contributed by atoms with Crippen LogP contribution in [0.3, 0.4) is 0 Å². The number of carboxylic acid groups (broad SMARTS) is 1. The molecule has 2 aromatic heterocycles. The van der Waals surface area contributed by atoms with Crippen molar-refractivity contribution < 1.29 is 14.4 Å². The summed E-state index contributed by atoms with van der Waals surface area (Å²) in [6.45, 7) is 0. The van der Waals surface area contributed by atoms with Crippen LogP contribution in [0.2, 0.25) is 5.15 Å². The van der Waals surface area contributed by atoms with E-state index in [4.69, 9.17) is 16.1 Å². The number of hydrogen-bond donors (Lipinski definition) is 1.